The van der Waals surface area contributed by atoms with Crippen molar-refractivity contribution in [2.45, 2.75) is 137 Å². The van der Waals surface area contributed by atoms with Crippen molar-refractivity contribution in [1.82, 2.24) is 4.57 Å². The molecule has 6 aromatic rings. The molecule has 0 fully saturated rings. The first-order chi connectivity index (χ1) is 25.8. The van der Waals surface area contributed by atoms with Crippen LogP contribution in [0.3, 0.4) is 0 Å². The smallest absolute Gasteiger partial charge is 0 e. The average molecular weight is 925 g/mol. The Kier molecular flexibility index (Phi) is 12.9. The van der Waals surface area contributed by atoms with E-state index in [0.29, 0.717) is 23.7 Å². The second-order valence-corrected chi connectivity index (χ2v) is 19.2. The summed E-state index contributed by atoms with van der Waals surface area (Å²) in [5.74, 6) is 2.06. The van der Waals surface area contributed by atoms with Gasteiger partial charge in [0.25, 0.3) is 0 Å². The number of hydrogen-bond donors (Lipinski definition) is 0. The van der Waals surface area contributed by atoms with Gasteiger partial charge in [0.1, 0.15) is 0 Å². The number of fused-ring (bicyclic) bond motifs is 4. The first-order valence-corrected chi connectivity index (χ1v) is 20.7. The third kappa shape index (κ3) is 8.29. The van der Waals surface area contributed by atoms with Gasteiger partial charge in [-0.2, -0.15) is 11.6 Å². The van der Waals surface area contributed by atoms with E-state index >= 15 is 0 Å². The van der Waals surface area contributed by atoms with E-state index < -0.39 is 0 Å². The molecule has 1 heterocycles. The molecule has 1 aromatic heterocycles. The topological polar surface area (TPSA) is 4.93 Å². The Hall–Kier alpha value is -3.75. The fourth-order valence-electron chi connectivity index (χ4n) is 8.53. The number of nitrogens with zero attached hydrogens (tertiary/aromatic N) is 1. The molecule has 0 spiro atoms. The SMILES string of the molecule is CC(C)c1cccc(C(C)C)c1C1=[C-]C(c2c(C(C)C)cccc2C(C)C)c2ccccc21.[Au].[CH2-]n1c2ccc(C(C)(C)C)cc2c2cc(C(C)(C)C)ccc21. The van der Waals surface area contributed by atoms with Crippen molar-refractivity contribution in [2.24, 2.45) is 0 Å². The molecule has 0 saturated carbocycles. The second kappa shape index (κ2) is 16.6. The van der Waals surface area contributed by atoms with Gasteiger partial charge >= 0.3 is 0 Å². The Bertz CT molecular complexity index is 2240. The van der Waals surface area contributed by atoms with Gasteiger partial charge in [0, 0.05) is 22.4 Å². The molecule has 56 heavy (non-hydrogen) atoms. The van der Waals surface area contributed by atoms with E-state index in [9.17, 15) is 0 Å². The maximum atomic E-state index is 4.24. The minimum atomic E-state index is 0. The molecular formula is C54H65AuN-2. The fourth-order valence-corrected chi connectivity index (χ4v) is 8.53. The predicted molar refractivity (Wildman–Crippen MR) is 241 cm³/mol. The van der Waals surface area contributed by atoms with Crippen LogP contribution in [0.2, 0.25) is 0 Å². The Morgan fingerprint density at radius 3 is 1.36 bits per heavy atom. The van der Waals surface area contributed by atoms with E-state index in [4.69, 9.17) is 0 Å². The first kappa shape index (κ1) is 43.4. The molecule has 1 unspecified atom stereocenters. The standard InChI is InChI=1S/C33H39.C21H26N.Au/c1-20(2)24-15-11-16-25(21(3)4)32(24)30-19-31(29-14-10-9-13-28(29)30)33-26(22(5)6)17-12-18-27(33)23(7)8;1-20(2,3)14-8-10-18-16(12-14)17-13-15(21(4,5)6)9-11-19(17)22(18)7;/h9-18,20-23,30H,1-8H3;8-13H,7H2,1-6H3;/q2*-1;. The van der Waals surface area contributed by atoms with E-state index in [2.05, 4.69) is 212 Å². The van der Waals surface area contributed by atoms with Gasteiger partial charge < -0.3 is 4.57 Å². The van der Waals surface area contributed by atoms with Crippen molar-refractivity contribution in [3.8, 4) is 0 Å². The van der Waals surface area contributed by atoms with Crippen LogP contribution in [0, 0.1) is 13.1 Å². The molecule has 7 rings (SSSR count). The summed E-state index contributed by atoms with van der Waals surface area (Å²) in [5, 5.41) is 2.62. The van der Waals surface area contributed by atoms with E-state index in [-0.39, 0.29) is 39.1 Å². The minimum Gasteiger partial charge on any atom is -0.481 e. The molecule has 0 amide bonds. The van der Waals surface area contributed by atoms with Crippen molar-refractivity contribution in [3.63, 3.8) is 0 Å². The van der Waals surface area contributed by atoms with E-state index in [1.807, 2.05) is 0 Å². The quantitative estimate of drug-likeness (QED) is 0.116. The molecule has 0 saturated heterocycles. The van der Waals surface area contributed by atoms with Gasteiger partial charge in [-0.3, -0.25) is 0 Å². The van der Waals surface area contributed by atoms with Gasteiger partial charge in [0.2, 0.25) is 0 Å². The largest absolute Gasteiger partial charge is 0.481 e. The van der Waals surface area contributed by atoms with Crippen LogP contribution in [0.1, 0.15) is 182 Å². The Morgan fingerprint density at radius 1 is 0.536 bits per heavy atom. The number of benzene rings is 5. The fraction of sp³-hybridized carbons (Fsp3) is 0.389. The normalized spacial score (nSPS) is 14.4. The van der Waals surface area contributed by atoms with Gasteiger partial charge in [-0.15, -0.1) is 24.2 Å². The van der Waals surface area contributed by atoms with Crippen LogP contribution in [0.5, 0.6) is 0 Å². The molecule has 1 atom stereocenters. The maximum Gasteiger partial charge on any atom is 0 e. The van der Waals surface area contributed by atoms with Crippen LogP contribution < -0.4 is 0 Å². The zero-order valence-corrected chi connectivity index (χ0v) is 38.7. The third-order valence-corrected chi connectivity index (χ3v) is 11.8. The first-order valence-electron chi connectivity index (χ1n) is 20.7. The van der Waals surface area contributed by atoms with Gasteiger partial charge in [-0.1, -0.05) is 226 Å². The molecule has 0 aliphatic heterocycles. The van der Waals surface area contributed by atoms with E-state index in [0.717, 1.165) is 0 Å². The van der Waals surface area contributed by atoms with Crippen molar-refractivity contribution in [1.29, 1.82) is 0 Å². The summed E-state index contributed by atoms with van der Waals surface area (Å²) >= 11 is 0. The molecule has 0 N–H and O–H groups in total. The van der Waals surface area contributed by atoms with Crippen molar-refractivity contribution in [3.05, 3.63) is 166 Å². The average Bonchev–Trinajstić information content (AvgIpc) is 3.65. The zero-order chi connectivity index (χ0) is 40.1. The summed E-state index contributed by atoms with van der Waals surface area (Å²) in [6, 6.07) is 36.3. The van der Waals surface area contributed by atoms with Gasteiger partial charge in [-0.25, -0.2) is 0 Å². The van der Waals surface area contributed by atoms with Gasteiger partial charge in [-0.05, 0) is 68.2 Å². The van der Waals surface area contributed by atoms with E-state index in [1.165, 1.54) is 83.0 Å². The molecule has 5 aromatic carbocycles. The number of allylic oxidation sites excluding steroid dienone is 1. The van der Waals surface area contributed by atoms with Crippen molar-refractivity contribution in [2.75, 3.05) is 0 Å². The molecule has 2 heteroatoms. The number of rotatable bonds is 6. The Labute approximate surface area is 355 Å². The number of hydrogen-bond acceptors (Lipinski definition) is 0. The maximum absolute atomic E-state index is 4.24. The zero-order valence-electron chi connectivity index (χ0n) is 36.6. The van der Waals surface area contributed by atoms with Crippen LogP contribution in [-0.4, -0.2) is 4.57 Å². The Balaban J connectivity index is 0.000000227. The summed E-state index contributed by atoms with van der Waals surface area (Å²) in [6.45, 7) is 32.1. The molecule has 1 aliphatic carbocycles. The van der Waals surface area contributed by atoms with Crippen LogP contribution in [0.25, 0.3) is 27.4 Å². The molecule has 0 bridgehead atoms. The van der Waals surface area contributed by atoms with Gasteiger partial charge in [0.15, 0.2) is 0 Å². The van der Waals surface area contributed by atoms with Crippen molar-refractivity contribution < 1.29 is 22.4 Å². The minimum absolute atomic E-state index is 0. The summed E-state index contributed by atoms with van der Waals surface area (Å²) in [6.07, 6.45) is 4.09. The van der Waals surface area contributed by atoms with Crippen LogP contribution >= 0.6 is 0 Å². The van der Waals surface area contributed by atoms with Crippen molar-refractivity contribution >= 4 is 27.4 Å². The van der Waals surface area contributed by atoms with Crippen LogP contribution in [0.15, 0.2) is 97.1 Å². The molecular weight excluding hydrogens is 860 g/mol. The summed E-state index contributed by atoms with van der Waals surface area (Å²) in [5.41, 5.74) is 18.2. The predicted octanol–water partition coefficient (Wildman–Crippen LogP) is 15.6. The molecule has 1 aliphatic rings. The second-order valence-electron chi connectivity index (χ2n) is 19.2. The summed E-state index contributed by atoms with van der Waals surface area (Å²) in [7, 11) is 4.24. The molecule has 1 radical (unpaired) electrons. The Morgan fingerprint density at radius 2 is 0.946 bits per heavy atom. The summed E-state index contributed by atoms with van der Waals surface area (Å²) in [4.78, 5) is 0. The third-order valence-electron chi connectivity index (χ3n) is 11.8. The molecule has 1 nitrogen and oxygen atoms in total. The number of aromatic nitrogens is 1. The monoisotopic (exact) mass is 924 g/mol. The summed E-state index contributed by atoms with van der Waals surface area (Å²) < 4.78 is 2.06. The van der Waals surface area contributed by atoms with E-state index in [1.54, 1.807) is 0 Å². The molecule has 299 valence electrons. The van der Waals surface area contributed by atoms with Crippen LogP contribution in [-0.2, 0) is 33.2 Å². The van der Waals surface area contributed by atoms with Gasteiger partial charge in [0.05, 0.1) is 0 Å². The van der Waals surface area contributed by atoms with Crippen LogP contribution in [0.4, 0.5) is 0 Å².